The number of ether oxygens (including phenoxy) is 2. The lowest BCUT2D eigenvalue weighted by atomic mass is 9.57. The van der Waals surface area contributed by atoms with Crippen LogP contribution in [0.4, 0.5) is 0 Å². The zero-order chi connectivity index (χ0) is 14.5. The van der Waals surface area contributed by atoms with Gasteiger partial charge in [-0.25, -0.2) is 0 Å². The molecule has 108 valence electrons. The molecule has 0 radical (unpaired) electrons. The minimum Gasteiger partial charge on any atom is -0.469 e. The fourth-order valence-electron chi connectivity index (χ4n) is 3.54. The predicted octanol–water partition coefficient (Wildman–Crippen LogP) is 2.81. The number of benzene rings is 1. The highest BCUT2D eigenvalue weighted by Crippen LogP contribution is 2.57. The molecule has 2 saturated heterocycles. The number of hydrogen-bond donors (Lipinski definition) is 0. The second-order valence-electron chi connectivity index (χ2n) is 7.04. The summed E-state index contributed by atoms with van der Waals surface area (Å²) in [6, 6.07) is 8.60. The summed E-state index contributed by atoms with van der Waals surface area (Å²) < 4.78 is 10.7. The molecular weight excluding hydrogens is 252 g/mol. The van der Waals surface area contributed by atoms with Crippen molar-refractivity contribution in [3.63, 3.8) is 0 Å². The Hall–Kier alpha value is -1.35. The minimum atomic E-state index is -0.168. The van der Waals surface area contributed by atoms with Crippen LogP contribution in [0.3, 0.4) is 0 Å². The smallest absolute Gasteiger partial charge is 0.312 e. The number of rotatable bonds is 2. The van der Waals surface area contributed by atoms with Crippen molar-refractivity contribution in [2.45, 2.75) is 44.1 Å². The van der Waals surface area contributed by atoms with E-state index < -0.39 is 0 Å². The molecule has 0 unspecified atom stereocenters. The van der Waals surface area contributed by atoms with E-state index in [9.17, 15) is 4.79 Å². The number of methoxy groups -OCH3 is 1. The van der Waals surface area contributed by atoms with Gasteiger partial charge in [-0.15, -0.1) is 0 Å². The third kappa shape index (κ3) is 1.80. The molecule has 3 fully saturated rings. The van der Waals surface area contributed by atoms with Gasteiger partial charge in [0, 0.05) is 5.41 Å². The Kier molecular flexibility index (Phi) is 2.94. The average molecular weight is 274 g/mol. The van der Waals surface area contributed by atoms with Crippen LogP contribution in [0.5, 0.6) is 0 Å². The lowest BCUT2D eigenvalue weighted by Crippen LogP contribution is -2.53. The largest absolute Gasteiger partial charge is 0.469 e. The monoisotopic (exact) mass is 274 g/mol. The van der Waals surface area contributed by atoms with Crippen molar-refractivity contribution in [1.29, 1.82) is 0 Å². The van der Waals surface area contributed by atoms with Gasteiger partial charge in [-0.1, -0.05) is 45.0 Å². The molecule has 1 aromatic carbocycles. The highest BCUT2D eigenvalue weighted by atomic mass is 16.5. The van der Waals surface area contributed by atoms with Crippen LogP contribution < -0.4 is 0 Å². The summed E-state index contributed by atoms with van der Waals surface area (Å²) in [4.78, 5) is 12.0. The van der Waals surface area contributed by atoms with Gasteiger partial charge in [-0.05, 0) is 23.0 Å². The SMILES string of the molecule is COC(=O)[C@@H]1[C@H]2C[C@]1(c1cccc(C(C)(C)C)c1)CO2. The second-order valence-corrected chi connectivity index (χ2v) is 7.04. The first kappa shape index (κ1) is 13.6. The maximum atomic E-state index is 12.0. The summed E-state index contributed by atoms with van der Waals surface area (Å²) in [5.41, 5.74) is 2.45. The van der Waals surface area contributed by atoms with Gasteiger partial charge in [0.2, 0.25) is 0 Å². The van der Waals surface area contributed by atoms with Crippen molar-refractivity contribution < 1.29 is 14.3 Å². The Morgan fingerprint density at radius 1 is 1.40 bits per heavy atom. The Balaban J connectivity index is 1.99. The third-order valence-electron chi connectivity index (χ3n) is 4.85. The van der Waals surface area contributed by atoms with E-state index in [0.717, 1.165) is 6.42 Å². The van der Waals surface area contributed by atoms with Gasteiger partial charge in [0.05, 0.1) is 25.7 Å². The Bertz CT molecular complexity index is 539. The van der Waals surface area contributed by atoms with E-state index >= 15 is 0 Å². The lowest BCUT2D eigenvalue weighted by Gasteiger charge is -2.43. The molecule has 2 aliphatic heterocycles. The summed E-state index contributed by atoms with van der Waals surface area (Å²) in [6.07, 6.45) is 0.973. The summed E-state index contributed by atoms with van der Waals surface area (Å²) in [5, 5.41) is 0. The number of fused-ring (bicyclic) bond motifs is 1. The molecule has 3 aliphatic rings. The third-order valence-corrected chi connectivity index (χ3v) is 4.85. The zero-order valence-corrected chi connectivity index (χ0v) is 12.6. The van der Waals surface area contributed by atoms with E-state index in [1.165, 1.54) is 18.2 Å². The zero-order valence-electron chi connectivity index (χ0n) is 12.6. The minimum absolute atomic E-state index is 0.0424. The summed E-state index contributed by atoms with van der Waals surface area (Å²) in [5.74, 6) is -0.275. The fraction of sp³-hybridized carbons (Fsp3) is 0.588. The van der Waals surface area contributed by atoms with Gasteiger partial charge < -0.3 is 9.47 Å². The van der Waals surface area contributed by atoms with E-state index in [-0.39, 0.29) is 28.8 Å². The molecule has 1 saturated carbocycles. The van der Waals surface area contributed by atoms with Crippen LogP contribution in [-0.4, -0.2) is 25.8 Å². The van der Waals surface area contributed by atoms with Crippen LogP contribution >= 0.6 is 0 Å². The predicted molar refractivity (Wildman–Crippen MR) is 76.7 cm³/mol. The van der Waals surface area contributed by atoms with E-state index in [0.29, 0.717) is 6.61 Å². The Labute approximate surface area is 120 Å². The summed E-state index contributed by atoms with van der Waals surface area (Å²) >= 11 is 0. The van der Waals surface area contributed by atoms with Crippen molar-refractivity contribution in [2.24, 2.45) is 5.92 Å². The van der Waals surface area contributed by atoms with Crippen LogP contribution in [0, 0.1) is 5.92 Å². The standard InChI is InChI=1S/C17H22O3/c1-16(2,3)11-6-5-7-12(8-11)17-9-13(20-10-17)14(17)15(18)19-4/h5-8,13-14H,9-10H2,1-4H3/t13-,14+,17-/m1/s1. The van der Waals surface area contributed by atoms with Crippen LogP contribution in [0.1, 0.15) is 38.3 Å². The number of hydrogen-bond acceptors (Lipinski definition) is 3. The van der Waals surface area contributed by atoms with Gasteiger partial charge in [-0.3, -0.25) is 4.79 Å². The number of carbonyl (C=O) groups is 1. The maximum Gasteiger partial charge on any atom is 0.312 e. The second kappa shape index (κ2) is 4.32. The van der Waals surface area contributed by atoms with Crippen LogP contribution in [-0.2, 0) is 25.1 Å². The lowest BCUT2D eigenvalue weighted by molar-refractivity contribution is -0.154. The van der Waals surface area contributed by atoms with E-state index in [4.69, 9.17) is 9.47 Å². The quantitative estimate of drug-likeness (QED) is 0.778. The van der Waals surface area contributed by atoms with Crippen LogP contribution in [0.15, 0.2) is 24.3 Å². The molecule has 0 N–H and O–H groups in total. The van der Waals surface area contributed by atoms with E-state index in [1.54, 1.807) is 0 Å². The van der Waals surface area contributed by atoms with Gasteiger partial charge in [0.1, 0.15) is 0 Å². The first-order valence-corrected chi connectivity index (χ1v) is 7.19. The Morgan fingerprint density at radius 2 is 2.15 bits per heavy atom. The number of carbonyl (C=O) groups excluding carboxylic acids is 1. The van der Waals surface area contributed by atoms with Crippen LogP contribution in [0.2, 0.25) is 0 Å². The average Bonchev–Trinajstić information content (AvgIpc) is 2.97. The fourth-order valence-corrected chi connectivity index (χ4v) is 3.54. The van der Waals surface area contributed by atoms with Crippen molar-refractivity contribution in [2.75, 3.05) is 13.7 Å². The maximum absolute atomic E-state index is 12.0. The van der Waals surface area contributed by atoms with Crippen molar-refractivity contribution >= 4 is 5.97 Å². The highest BCUT2D eigenvalue weighted by Gasteiger charge is 2.65. The Morgan fingerprint density at radius 3 is 2.75 bits per heavy atom. The normalized spacial score (nSPS) is 31.8. The molecule has 4 rings (SSSR count). The molecule has 1 aromatic rings. The topological polar surface area (TPSA) is 35.5 Å². The molecule has 20 heavy (non-hydrogen) atoms. The van der Waals surface area contributed by atoms with Crippen molar-refractivity contribution in [3.8, 4) is 0 Å². The summed E-state index contributed by atoms with van der Waals surface area (Å²) in [7, 11) is 1.46. The van der Waals surface area contributed by atoms with Crippen LogP contribution in [0.25, 0.3) is 0 Å². The highest BCUT2D eigenvalue weighted by molar-refractivity contribution is 5.78. The van der Waals surface area contributed by atoms with Gasteiger partial charge >= 0.3 is 5.97 Å². The van der Waals surface area contributed by atoms with E-state index in [1.807, 2.05) is 0 Å². The van der Waals surface area contributed by atoms with Crippen molar-refractivity contribution in [3.05, 3.63) is 35.4 Å². The summed E-state index contributed by atoms with van der Waals surface area (Å²) in [6.45, 7) is 7.24. The molecule has 3 nitrogen and oxygen atoms in total. The first-order valence-electron chi connectivity index (χ1n) is 7.19. The molecule has 3 heteroatoms. The molecule has 0 spiro atoms. The molecule has 2 heterocycles. The van der Waals surface area contributed by atoms with Crippen molar-refractivity contribution in [1.82, 2.24) is 0 Å². The molecule has 0 amide bonds. The number of esters is 1. The molecular formula is C17H22O3. The molecule has 0 aromatic heterocycles. The first-order chi connectivity index (χ1) is 9.38. The molecule has 2 bridgehead atoms. The van der Waals surface area contributed by atoms with Gasteiger partial charge in [0.25, 0.3) is 0 Å². The molecule has 1 aliphatic carbocycles. The van der Waals surface area contributed by atoms with Gasteiger partial charge in [-0.2, -0.15) is 0 Å². The van der Waals surface area contributed by atoms with Gasteiger partial charge in [0.15, 0.2) is 0 Å². The molecule has 3 atom stereocenters. The van der Waals surface area contributed by atoms with E-state index in [2.05, 4.69) is 45.0 Å².